The lowest BCUT2D eigenvalue weighted by atomic mass is 10.0. The number of aliphatic hydroxyl groups excluding tert-OH is 1. The number of carboxylic acids is 2. The van der Waals surface area contributed by atoms with Crippen LogP contribution in [0.2, 0.25) is 0 Å². The average Bonchev–Trinajstić information content (AvgIpc) is 2.67. The first kappa shape index (κ1) is 28.6. The molecule has 0 spiro atoms. The molecule has 0 saturated carbocycles. The van der Waals surface area contributed by atoms with Gasteiger partial charge in [-0.05, 0) is 30.8 Å². The van der Waals surface area contributed by atoms with Crippen molar-refractivity contribution in [1.29, 1.82) is 0 Å². The zero-order valence-corrected chi connectivity index (χ0v) is 18.6. The molecule has 0 radical (unpaired) electrons. The third-order valence-electron chi connectivity index (χ3n) is 4.11. The third-order valence-corrected chi connectivity index (χ3v) is 4.75. The van der Waals surface area contributed by atoms with E-state index in [-0.39, 0.29) is 18.8 Å². The SMILES string of the molecule is CSCCC(NC(=O)C(CC(=O)O)NC(=O)C(CC(C)C)NC(=O)C(N)CO)C(=O)O. The van der Waals surface area contributed by atoms with Crippen LogP contribution in [0.25, 0.3) is 0 Å². The summed E-state index contributed by atoms with van der Waals surface area (Å²) < 4.78 is 0. The van der Waals surface area contributed by atoms with Crippen molar-refractivity contribution in [2.45, 2.75) is 57.3 Å². The molecule has 0 bridgehead atoms. The molecule has 31 heavy (non-hydrogen) atoms. The Morgan fingerprint density at radius 1 is 0.903 bits per heavy atom. The van der Waals surface area contributed by atoms with E-state index in [0.717, 1.165) is 0 Å². The van der Waals surface area contributed by atoms with Crippen molar-refractivity contribution in [2.24, 2.45) is 11.7 Å². The maximum atomic E-state index is 12.7. The Hall–Kier alpha value is -2.38. The van der Waals surface area contributed by atoms with Gasteiger partial charge in [0, 0.05) is 0 Å². The van der Waals surface area contributed by atoms with Crippen LogP contribution in [0.4, 0.5) is 0 Å². The first-order chi connectivity index (χ1) is 14.4. The Bertz CT molecular complexity index is 646. The van der Waals surface area contributed by atoms with Crippen molar-refractivity contribution < 1.29 is 39.3 Å². The Balaban J connectivity index is 5.44. The van der Waals surface area contributed by atoms with E-state index >= 15 is 0 Å². The van der Waals surface area contributed by atoms with Gasteiger partial charge < -0.3 is 37.0 Å². The third kappa shape index (κ3) is 11.5. The second-order valence-corrected chi connectivity index (χ2v) is 8.31. The Labute approximate surface area is 184 Å². The second-order valence-electron chi connectivity index (χ2n) is 7.32. The molecule has 0 rings (SSSR count). The summed E-state index contributed by atoms with van der Waals surface area (Å²) in [7, 11) is 0. The quantitative estimate of drug-likeness (QED) is 0.143. The maximum absolute atomic E-state index is 12.7. The van der Waals surface area contributed by atoms with Crippen LogP contribution in [0.5, 0.6) is 0 Å². The van der Waals surface area contributed by atoms with E-state index in [0.29, 0.717) is 5.75 Å². The summed E-state index contributed by atoms with van der Waals surface area (Å²) in [6.45, 7) is 2.92. The predicted molar refractivity (Wildman–Crippen MR) is 113 cm³/mol. The number of aliphatic carboxylic acids is 2. The smallest absolute Gasteiger partial charge is 0.326 e. The van der Waals surface area contributed by atoms with E-state index in [2.05, 4.69) is 16.0 Å². The molecule has 4 unspecified atom stereocenters. The molecular weight excluding hydrogens is 432 g/mol. The molecule has 3 amide bonds. The largest absolute Gasteiger partial charge is 0.481 e. The van der Waals surface area contributed by atoms with Crippen LogP contribution < -0.4 is 21.7 Å². The van der Waals surface area contributed by atoms with Crippen molar-refractivity contribution in [1.82, 2.24) is 16.0 Å². The fourth-order valence-electron chi connectivity index (χ4n) is 2.49. The molecule has 13 heteroatoms. The summed E-state index contributed by atoms with van der Waals surface area (Å²) in [5, 5.41) is 34.2. The van der Waals surface area contributed by atoms with E-state index in [4.69, 9.17) is 15.9 Å². The van der Waals surface area contributed by atoms with Crippen molar-refractivity contribution in [3.63, 3.8) is 0 Å². The highest BCUT2D eigenvalue weighted by atomic mass is 32.2. The highest BCUT2D eigenvalue weighted by Gasteiger charge is 2.31. The summed E-state index contributed by atoms with van der Waals surface area (Å²) in [4.78, 5) is 59.7. The van der Waals surface area contributed by atoms with Crippen molar-refractivity contribution in [2.75, 3.05) is 18.6 Å². The lowest BCUT2D eigenvalue weighted by Crippen LogP contribution is -2.58. The van der Waals surface area contributed by atoms with Gasteiger partial charge >= 0.3 is 11.9 Å². The number of rotatable bonds is 15. The molecule has 0 aromatic heterocycles. The number of aliphatic hydroxyl groups is 1. The van der Waals surface area contributed by atoms with Crippen LogP contribution in [-0.2, 0) is 24.0 Å². The monoisotopic (exact) mass is 464 g/mol. The van der Waals surface area contributed by atoms with Gasteiger partial charge in [-0.25, -0.2) is 4.79 Å². The first-order valence-corrected chi connectivity index (χ1v) is 11.0. The van der Waals surface area contributed by atoms with Gasteiger partial charge in [0.2, 0.25) is 17.7 Å². The average molecular weight is 465 g/mol. The summed E-state index contributed by atoms with van der Waals surface area (Å²) >= 11 is 1.38. The minimum absolute atomic E-state index is 0.0592. The lowest BCUT2D eigenvalue weighted by Gasteiger charge is -2.25. The molecule has 0 saturated heterocycles. The predicted octanol–water partition coefficient (Wildman–Crippen LogP) is -1.88. The molecule has 0 aliphatic carbocycles. The highest BCUT2D eigenvalue weighted by molar-refractivity contribution is 7.98. The number of hydrogen-bond acceptors (Lipinski definition) is 8. The normalized spacial score (nSPS) is 14.8. The fraction of sp³-hybridized carbons (Fsp3) is 0.722. The number of carbonyl (C=O) groups excluding carboxylic acids is 3. The molecule has 4 atom stereocenters. The first-order valence-electron chi connectivity index (χ1n) is 9.63. The van der Waals surface area contributed by atoms with Crippen LogP contribution in [0, 0.1) is 5.92 Å². The molecule has 0 heterocycles. The molecule has 0 aromatic rings. The number of nitrogens with one attached hydrogen (secondary N) is 3. The van der Waals surface area contributed by atoms with E-state index in [9.17, 15) is 29.1 Å². The van der Waals surface area contributed by atoms with Crippen LogP contribution >= 0.6 is 11.8 Å². The molecule has 0 aliphatic heterocycles. The van der Waals surface area contributed by atoms with Gasteiger partial charge in [0.1, 0.15) is 24.2 Å². The molecular formula is C18H32N4O8S. The molecule has 0 aliphatic rings. The Morgan fingerprint density at radius 2 is 1.42 bits per heavy atom. The molecule has 12 nitrogen and oxygen atoms in total. The van der Waals surface area contributed by atoms with Crippen LogP contribution in [0.3, 0.4) is 0 Å². The number of carbonyl (C=O) groups is 5. The van der Waals surface area contributed by atoms with Crippen molar-refractivity contribution in [3.8, 4) is 0 Å². The lowest BCUT2D eigenvalue weighted by molar-refractivity contribution is -0.143. The topological polar surface area (TPSA) is 208 Å². The van der Waals surface area contributed by atoms with E-state index in [1.54, 1.807) is 20.1 Å². The molecule has 0 fully saturated rings. The number of nitrogens with two attached hydrogens (primary N) is 1. The summed E-state index contributed by atoms with van der Waals surface area (Å²) in [5.41, 5.74) is 5.44. The number of hydrogen-bond donors (Lipinski definition) is 7. The summed E-state index contributed by atoms with van der Waals surface area (Å²) in [6, 6.07) is -5.20. The highest BCUT2D eigenvalue weighted by Crippen LogP contribution is 2.07. The minimum Gasteiger partial charge on any atom is -0.481 e. The van der Waals surface area contributed by atoms with Crippen molar-refractivity contribution >= 4 is 41.4 Å². The molecule has 0 aromatic carbocycles. The zero-order chi connectivity index (χ0) is 24.1. The van der Waals surface area contributed by atoms with Gasteiger partial charge in [-0.15, -0.1) is 0 Å². The van der Waals surface area contributed by atoms with Gasteiger partial charge in [0.05, 0.1) is 13.0 Å². The van der Waals surface area contributed by atoms with Gasteiger partial charge in [0.15, 0.2) is 0 Å². The van der Waals surface area contributed by atoms with Crippen molar-refractivity contribution in [3.05, 3.63) is 0 Å². The fourth-order valence-corrected chi connectivity index (χ4v) is 2.96. The Morgan fingerprint density at radius 3 is 1.87 bits per heavy atom. The number of amides is 3. The van der Waals surface area contributed by atoms with Crippen LogP contribution in [0.15, 0.2) is 0 Å². The van der Waals surface area contributed by atoms with Gasteiger partial charge in [-0.1, -0.05) is 13.8 Å². The van der Waals surface area contributed by atoms with Crippen LogP contribution in [0.1, 0.15) is 33.1 Å². The summed E-state index contributed by atoms with van der Waals surface area (Å²) in [6.07, 6.45) is 1.24. The summed E-state index contributed by atoms with van der Waals surface area (Å²) in [5.74, 6) is -4.87. The standard InChI is InChI=1S/C18H32N4O8S/c1-9(2)6-12(21-15(26)10(19)8-23)16(27)22-13(7-14(24)25)17(28)20-11(18(29)30)4-5-31-3/h9-13,23H,4-8,19H2,1-3H3,(H,20,28)(H,21,26)(H,22,27)(H,24,25)(H,29,30). The van der Waals surface area contributed by atoms with Crippen LogP contribution in [-0.4, -0.2) is 87.8 Å². The van der Waals surface area contributed by atoms with E-state index < -0.39 is 66.9 Å². The maximum Gasteiger partial charge on any atom is 0.326 e. The zero-order valence-electron chi connectivity index (χ0n) is 17.8. The van der Waals surface area contributed by atoms with Gasteiger partial charge in [-0.2, -0.15) is 11.8 Å². The van der Waals surface area contributed by atoms with E-state index in [1.807, 2.05) is 0 Å². The number of thioether (sulfide) groups is 1. The Kier molecular flexibility index (Phi) is 13.5. The van der Waals surface area contributed by atoms with Gasteiger partial charge in [-0.3, -0.25) is 19.2 Å². The molecule has 8 N–H and O–H groups in total. The van der Waals surface area contributed by atoms with E-state index in [1.165, 1.54) is 11.8 Å². The molecule has 178 valence electrons. The second kappa shape index (κ2) is 14.6. The number of carboxylic acid groups (broad SMARTS) is 2. The van der Waals surface area contributed by atoms with Gasteiger partial charge in [0.25, 0.3) is 0 Å². The minimum atomic E-state index is -1.56.